The molecule has 0 unspecified atom stereocenters. The standard InChI is InChI=1S/C18H34N4O2.ClH/c19-11-7-2-1-6-10-17(23)21-12-14-22(15-13-21)18(24)20-16-8-4-3-5-9-16;/h16H,1-15,19H2,(H,20,24);1H. The lowest BCUT2D eigenvalue weighted by Gasteiger charge is -2.36. The number of unbranched alkanes of at least 4 members (excludes halogenated alkanes) is 3. The van der Waals surface area contributed by atoms with Crippen LogP contribution in [0.2, 0.25) is 0 Å². The number of hydrogen-bond acceptors (Lipinski definition) is 3. The summed E-state index contributed by atoms with van der Waals surface area (Å²) in [7, 11) is 0. The fourth-order valence-corrected chi connectivity index (χ4v) is 3.60. The van der Waals surface area contributed by atoms with Gasteiger partial charge in [0.15, 0.2) is 0 Å². The Morgan fingerprint density at radius 1 is 0.880 bits per heavy atom. The molecule has 0 aromatic rings. The monoisotopic (exact) mass is 374 g/mol. The van der Waals surface area contributed by atoms with Crippen LogP contribution < -0.4 is 11.1 Å². The third-order valence-corrected chi connectivity index (χ3v) is 5.20. The van der Waals surface area contributed by atoms with Crippen LogP contribution in [0.25, 0.3) is 0 Å². The van der Waals surface area contributed by atoms with Gasteiger partial charge in [-0.3, -0.25) is 4.79 Å². The molecule has 146 valence electrons. The highest BCUT2D eigenvalue weighted by Crippen LogP contribution is 2.18. The Balaban J connectivity index is 0.00000312. The van der Waals surface area contributed by atoms with Crippen LogP contribution >= 0.6 is 12.4 Å². The molecule has 0 aromatic heterocycles. The van der Waals surface area contributed by atoms with Crippen LogP contribution in [0.4, 0.5) is 4.79 Å². The first-order valence-corrected chi connectivity index (χ1v) is 9.74. The van der Waals surface area contributed by atoms with Gasteiger partial charge in [-0.1, -0.05) is 32.1 Å². The number of nitrogens with two attached hydrogens (primary N) is 1. The van der Waals surface area contributed by atoms with Crippen LogP contribution in [0, 0.1) is 0 Å². The fraction of sp³-hybridized carbons (Fsp3) is 0.889. The Morgan fingerprint density at radius 2 is 1.48 bits per heavy atom. The van der Waals surface area contributed by atoms with Gasteiger partial charge >= 0.3 is 6.03 Å². The maximum atomic E-state index is 12.3. The second-order valence-corrected chi connectivity index (χ2v) is 7.11. The van der Waals surface area contributed by atoms with Crippen molar-refractivity contribution in [3.63, 3.8) is 0 Å². The van der Waals surface area contributed by atoms with Crippen molar-refractivity contribution in [1.29, 1.82) is 0 Å². The minimum atomic E-state index is 0. The van der Waals surface area contributed by atoms with Crippen molar-refractivity contribution >= 4 is 24.3 Å². The van der Waals surface area contributed by atoms with Crippen LogP contribution in [0.15, 0.2) is 0 Å². The van der Waals surface area contributed by atoms with Crippen molar-refractivity contribution in [1.82, 2.24) is 15.1 Å². The van der Waals surface area contributed by atoms with E-state index in [4.69, 9.17) is 5.73 Å². The predicted octanol–water partition coefficient (Wildman–Crippen LogP) is 2.50. The molecular weight excluding hydrogens is 340 g/mol. The van der Waals surface area contributed by atoms with E-state index < -0.39 is 0 Å². The van der Waals surface area contributed by atoms with Gasteiger partial charge in [-0.25, -0.2) is 4.79 Å². The van der Waals surface area contributed by atoms with E-state index in [1.165, 1.54) is 19.3 Å². The van der Waals surface area contributed by atoms with Gasteiger partial charge in [0.1, 0.15) is 0 Å². The van der Waals surface area contributed by atoms with Gasteiger partial charge in [0, 0.05) is 38.6 Å². The molecule has 0 radical (unpaired) electrons. The lowest BCUT2D eigenvalue weighted by atomic mass is 9.96. The topological polar surface area (TPSA) is 78.7 Å². The average Bonchev–Trinajstić information content (AvgIpc) is 2.62. The normalized spacial score (nSPS) is 18.6. The molecule has 2 rings (SSSR count). The molecule has 3 N–H and O–H groups in total. The number of rotatable bonds is 7. The minimum Gasteiger partial charge on any atom is -0.339 e. The third kappa shape index (κ3) is 7.82. The van der Waals surface area contributed by atoms with E-state index in [-0.39, 0.29) is 24.3 Å². The highest BCUT2D eigenvalue weighted by Gasteiger charge is 2.25. The highest BCUT2D eigenvalue weighted by atomic mass is 35.5. The summed E-state index contributed by atoms with van der Waals surface area (Å²) in [5, 5.41) is 3.16. The number of urea groups is 1. The Morgan fingerprint density at radius 3 is 2.12 bits per heavy atom. The second kappa shape index (κ2) is 12.4. The molecule has 2 aliphatic rings. The van der Waals surface area contributed by atoms with Crippen LogP contribution in [-0.4, -0.2) is 60.5 Å². The summed E-state index contributed by atoms with van der Waals surface area (Å²) in [6, 6.07) is 0.398. The molecule has 1 saturated heterocycles. The first-order chi connectivity index (χ1) is 11.7. The van der Waals surface area contributed by atoms with E-state index in [0.717, 1.165) is 45.1 Å². The lowest BCUT2D eigenvalue weighted by molar-refractivity contribution is -0.132. The number of amides is 3. The van der Waals surface area contributed by atoms with Gasteiger partial charge < -0.3 is 20.9 Å². The first kappa shape index (κ1) is 22.0. The Hall–Kier alpha value is -1.01. The lowest BCUT2D eigenvalue weighted by Crippen LogP contribution is -2.54. The molecule has 1 aliphatic carbocycles. The molecule has 1 heterocycles. The van der Waals surface area contributed by atoms with Crippen molar-refractivity contribution < 1.29 is 9.59 Å². The summed E-state index contributed by atoms with van der Waals surface area (Å²) >= 11 is 0. The summed E-state index contributed by atoms with van der Waals surface area (Å²) in [6.07, 6.45) is 10.7. The fourth-order valence-electron chi connectivity index (χ4n) is 3.60. The van der Waals surface area contributed by atoms with Gasteiger partial charge in [0.25, 0.3) is 0 Å². The largest absolute Gasteiger partial charge is 0.339 e. The molecule has 0 atom stereocenters. The van der Waals surface area contributed by atoms with Gasteiger partial charge in [0.05, 0.1) is 0 Å². The molecule has 1 aliphatic heterocycles. The van der Waals surface area contributed by atoms with Crippen molar-refractivity contribution in [2.24, 2.45) is 5.73 Å². The van der Waals surface area contributed by atoms with Crippen LogP contribution in [0.3, 0.4) is 0 Å². The predicted molar refractivity (Wildman–Crippen MR) is 103 cm³/mol. The average molecular weight is 375 g/mol. The van der Waals surface area contributed by atoms with E-state index in [9.17, 15) is 9.59 Å². The molecule has 3 amide bonds. The zero-order chi connectivity index (χ0) is 17.2. The molecule has 25 heavy (non-hydrogen) atoms. The van der Waals surface area contributed by atoms with Crippen LogP contribution in [0.5, 0.6) is 0 Å². The zero-order valence-corrected chi connectivity index (χ0v) is 16.2. The Kier molecular flexibility index (Phi) is 10.9. The smallest absolute Gasteiger partial charge is 0.317 e. The van der Waals surface area contributed by atoms with E-state index in [1.807, 2.05) is 9.80 Å². The van der Waals surface area contributed by atoms with Gasteiger partial charge in [-0.2, -0.15) is 0 Å². The van der Waals surface area contributed by atoms with E-state index in [2.05, 4.69) is 5.32 Å². The van der Waals surface area contributed by atoms with E-state index in [1.54, 1.807) is 0 Å². The molecule has 1 saturated carbocycles. The molecule has 0 spiro atoms. The molecule has 6 nitrogen and oxygen atoms in total. The number of carbonyl (C=O) groups is 2. The molecule has 0 bridgehead atoms. The van der Waals surface area contributed by atoms with Gasteiger partial charge in [-0.05, 0) is 32.2 Å². The first-order valence-electron chi connectivity index (χ1n) is 9.74. The van der Waals surface area contributed by atoms with Crippen molar-refractivity contribution in [3.05, 3.63) is 0 Å². The summed E-state index contributed by atoms with van der Waals surface area (Å²) in [4.78, 5) is 28.3. The Bertz CT molecular complexity index is 395. The molecule has 2 fully saturated rings. The van der Waals surface area contributed by atoms with E-state index in [0.29, 0.717) is 38.6 Å². The summed E-state index contributed by atoms with van der Waals surface area (Å²) in [5.74, 6) is 0.232. The van der Waals surface area contributed by atoms with Crippen molar-refractivity contribution in [2.45, 2.75) is 70.3 Å². The minimum absolute atomic E-state index is 0. The maximum absolute atomic E-state index is 12.3. The molecule has 7 heteroatoms. The van der Waals surface area contributed by atoms with Crippen LogP contribution in [0.1, 0.15) is 64.2 Å². The number of halogens is 1. The molecule has 0 aromatic carbocycles. The summed E-state index contributed by atoms with van der Waals surface area (Å²) < 4.78 is 0. The SMILES string of the molecule is Cl.NCCCCCCC(=O)N1CCN(C(=O)NC2CCCCC2)CC1. The highest BCUT2D eigenvalue weighted by molar-refractivity contribution is 5.85. The number of piperazine rings is 1. The third-order valence-electron chi connectivity index (χ3n) is 5.20. The summed E-state index contributed by atoms with van der Waals surface area (Å²) in [6.45, 7) is 3.37. The van der Waals surface area contributed by atoms with Crippen LogP contribution in [-0.2, 0) is 4.79 Å². The number of nitrogens with one attached hydrogen (secondary N) is 1. The number of nitrogens with zero attached hydrogens (tertiary/aromatic N) is 2. The van der Waals surface area contributed by atoms with Gasteiger partial charge in [0.2, 0.25) is 5.91 Å². The van der Waals surface area contributed by atoms with E-state index >= 15 is 0 Å². The van der Waals surface area contributed by atoms with Crippen molar-refractivity contribution in [3.8, 4) is 0 Å². The number of hydrogen-bond donors (Lipinski definition) is 2. The molecular formula is C18H35ClN4O2. The number of carbonyl (C=O) groups excluding carboxylic acids is 2. The summed E-state index contributed by atoms with van der Waals surface area (Å²) in [5.41, 5.74) is 5.47. The van der Waals surface area contributed by atoms with Gasteiger partial charge in [-0.15, -0.1) is 12.4 Å². The Labute approximate surface area is 158 Å². The van der Waals surface area contributed by atoms with Crippen molar-refractivity contribution in [2.75, 3.05) is 32.7 Å². The quantitative estimate of drug-likeness (QED) is 0.672. The maximum Gasteiger partial charge on any atom is 0.317 e. The zero-order valence-electron chi connectivity index (χ0n) is 15.4. The second-order valence-electron chi connectivity index (χ2n) is 7.11.